The summed E-state index contributed by atoms with van der Waals surface area (Å²) >= 11 is 0. The van der Waals surface area contributed by atoms with Crippen LogP contribution in [0.25, 0.3) is 0 Å². The number of benzene rings is 1. The summed E-state index contributed by atoms with van der Waals surface area (Å²) in [4.78, 5) is 4.51. The van der Waals surface area contributed by atoms with Crippen LogP contribution in [0.3, 0.4) is 0 Å². The molecule has 0 aliphatic carbocycles. The summed E-state index contributed by atoms with van der Waals surface area (Å²) in [6.45, 7) is 5.36. The first-order valence-electron chi connectivity index (χ1n) is 7.55. The van der Waals surface area contributed by atoms with Gasteiger partial charge < -0.3 is 10.1 Å². The Bertz CT molecular complexity index is 542. The average molecular weight is 284 g/mol. The normalized spacial score (nSPS) is 13.7. The van der Waals surface area contributed by atoms with E-state index in [0.29, 0.717) is 0 Å². The number of hydrogen-bond donors (Lipinski definition) is 1. The lowest BCUT2D eigenvalue weighted by molar-refractivity contribution is 0.387. The zero-order chi connectivity index (χ0) is 15.1. The number of ether oxygens (including phenoxy) is 1. The van der Waals surface area contributed by atoms with E-state index >= 15 is 0 Å². The fourth-order valence-corrected chi connectivity index (χ4v) is 2.60. The Kier molecular flexibility index (Phi) is 5.76. The highest BCUT2D eigenvalue weighted by Gasteiger charge is 2.23. The summed E-state index contributed by atoms with van der Waals surface area (Å²) in [5, 5.41) is 3.64. The Balaban J connectivity index is 2.33. The number of nitrogens with one attached hydrogen (secondary N) is 1. The maximum absolute atomic E-state index is 5.53. The molecule has 3 nitrogen and oxygen atoms in total. The molecule has 1 aromatic carbocycles. The van der Waals surface area contributed by atoms with Gasteiger partial charge in [0.25, 0.3) is 0 Å². The standard InChI is InChI=1S/C18H24N2O/c1-4-12-20-18(14(2)16-10-7-8-13-19-16)15-9-5-6-11-17(15)21-3/h5-11,13-14,18,20H,4,12H2,1-3H3. The lowest BCUT2D eigenvalue weighted by atomic mass is 9.90. The van der Waals surface area contributed by atoms with Crippen LogP contribution in [0.1, 0.15) is 43.5 Å². The molecule has 0 amide bonds. The van der Waals surface area contributed by atoms with Gasteiger partial charge in [0.05, 0.1) is 7.11 Å². The van der Waals surface area contributed by atoms with Crippen molar-refractivity contribution < 1.29 is 4.74 Å². The third-order valence-electron chi connectivity index (χ3n) is 3.74. The van der Waals surface area contributed by atoms with E-state index in [2.05, 4.69) is 42.3 Å². The molecule has 0 fully saturated rings. The van der Waals surface area contributed by atoms with E-state index < -0.39 is 0 Å². The minimum Gasteiger partial charge on any atom is -0.496 e. The van der Waals surface area contributed by atoms with Crippen LogP contribution in [0, 0.1) is 0 Å². The Hall–Kier alpha value is -1.87. The Morgan fingerprint density at radius 3 is 2.57 bits per heavy atom. The number of nitrogens with zero attached hydrogens (tertiary/aromatic N) is 1. The molecule has 1 aromatic heterocycles. The van der Waals surface area contributed by atoms with Gasteiger partial charge in [-0.1, -0.05) is 38.1 Å². The third kappa shape index (κ3) is 3.82. The maximum Gasteiger partial charge on any atom is 0.123 e. The van der Waals surface area contributed by atoms with Crippen molar-refractivity contribution in [1.82, 2.24) is 10.3 Å². The van der Waals surface area contributed by atoms with E-state index in [-0.39, 0.29) is 12.0 Å². The van der Waals surface area contributed by atoms with Gasteiger partial charge in [0.1, 0.15) is 5.75 Å². The molecule has 3 heteroatoms. The summed E-state index contributed by atoms with van der Waals surface area (Å²) in [6.07, 6.45) is 2.95. The van der Waals surface area contributed by atoms with Crippen LogP contribution >= 0.6 is 0 Å². The lowest BCUT2D eigenvalue weighted by Crippen LogP contribution is -2.27. The smallest absolute Gasteiger partial charge is 0.123 e. The number of methoxy groups -OCH3 is 1. The Morgan fingerprint density at radius 2 is 1.90 bits per heavy atom. The van der Waals surface area contributed by atoms with Gasteiger partial charge in [-0.05, 0) is 31.2 Å². The van der Waals surface area contributed by atoms with E-state index in [1.54, 1.807) is 7.11 Å². The molecule has 0 spiro atoms. The number of aromatic nitrogens is 1. The van der Waals surface area contributed by atoms with Crippen molar-refractivity contribution in [3.05, 3.63) is 59.9 Å². The molecular formula is C18H24N2O. The molecule has 2 rings (SSSR count). The van der Waals surface area contributed by atoms with Crippen LogP contribution in [0.5, 0.6) is 5.75 Å². The second kappa shape index (κ2) is 7.79. The van der Waals surface area contributed by atoms with Crippen molar-refractivity contribution in [3.63, 3.8) is 0 Å². The highest BCUT2D eigenvalue weighted by molar-refractivity contribution is 5.37. The molecule has 112 valence electrons. The van der Waals surface area contributed by atoms with Crippen molar-refractivity contribution in [2.24, 2.45) is 0 Å². The summed E-state index contributed by atoms with van der Waals surface area (Å²) in [7, 11) is 1.72. The Labute approximate surface area is 127 Å². The average Bonchev–Trinajstić information content (AvgIpc) is 2.56. The largest absolute Gasteiger partial charge is 0.496 e. The molecule has 2 unspecified atom stereocenters. The van der Waals surface area contributed by atoms with E-state index in [0.717, 1.165) is 24.4 Å². The minimum atomic E-state index is 0.191. The SMILES string of the molecule is CCCNC(c1ccccc1OC)C(C)c1ccccn1. The van der Waals surface area contributed by atoms with E-state index in [9.17, 15) is 0 Å². The molecule has 1 heterocycles. The quantitative estimate of drug-likeness (QED) is 0.836. The van der Waals surface area contributed by atoms with Crippen molar-refractivity contribution in [2.75, 3.05) is 13.7 Å². The van der Waals surface area contributed by atoms with E-state index in [1.165, 1.54) is 5.56 Å². The predicted molar refractivity (Wildman–Crippen MR) is 86.7 cm³/mol. The van der Waals surface area contributed by atoms with E-state index in [4.69, 9.17) is 4.74 Å². The van der Waals surface area contributed by atoms with Crippen molar-refractivity contribution >= 4 is 0 Å². The first kappa shape index (κ1) is 15.5. The fourth-order valence-electron chi connectivity index (χ4n) is 2.60. The van der Waals surface area contributed by atoms with E-state index in [1.807, 2.05) is 30.5 Å². The molecule has 0 saturated carbocycles. The monoisotopic (exact) mass is 284 g/mol. The molecule has 0 aliphatic heterocycles. The first-order valence-corrected chi connectivity index (χ1v) is 7.55. The van der Waals surface area contributed by atoms with Gasteiger partial charge in [0.15, 0.2) is 0 Å². The minimum absolute atomic E-state index is 0.191. The topological polar surface area (TPSA) is 34.1 Å². The highest BCUT2D eigenvalue weighted by Crippen LogP contribution is 2.34. The molecule has 0 aliphatic rings. The molecule has 21 heavy (non-hydrogen) atoms. The van der Waals surface area contributed by atoms with Crippen LogP contribution in [-0.2, 0) is 0 Å². The fraction of sp³-hybridized carbons (Fsp3) is 0.389. The van der Waals surface area contributed by atoms with Gasteiger partial charge >= 0.3 is 0 Å². The molecule has 2 atom stereocenters. The molecule has 0 radical (unpaired) electrons. The van der Waals surface area contributed by atoms with Crippen LogP contribution < -0.4 is 10.1 Å². The number of hydrogen-bond acceptors (Lipinski definition) is 3. The first-order chi connectivity index (χ1) is 10.3. The lowest BCUT2D eigenvalue weighted by Gasteiger charge is -2.26. The third-order valence-corrected chi connectivity index (χ3v) is 3.74. The van der Waals surface area contributed by atoms with Crippen LogP contribution in [0.15, 0.2) is 48.7 Å². The van der Waals surface area contributed by atoms with Gasteiger partial charge in [-0.3, -0.25) is 4.98 Å². The number of para-hydroxylation sites is 1. The van der Waals surface area contributed by atoms with Crippen molar-refractivity contribution in [3.8, 4) is 5.75 Å². The van der Waals surface area contributed by atoms with Crippen LogP contribution in [0.4, 0.5) is 0 Å². The van der Waals surface area contributed by atoms with Gasteiger partial charge in [0, 0.05) is 29.4 Å². The maximum atomic E-state index is 5.53. The zero-order valence-corrected chi connectivity index (χ0v) is 13.0. The summed E-state index contributed by atoms with van der Waals surface area (Å²) in [5.74, 6) is 1.20. The van der Waals surface area contributed by atoms with Crippen molar-refractivity contribution in [1.29, 1.82) is 0 Å². The van der Waals surface area contributed by atoms with Crippen molar-refractivity contribution in [2.45, 2.75) is 32.2 Å². The van der Waals surface area contributed by atoms with Crippen LogP contribution in [0.2, 0.25) is 0 Å². The number of rotatable bonds is 7. The second-order valence-electron chi connectivity index (χ2n) is 5.22. The van der Waals surface area contributed by atoms with Gasteiger partial charge in [-0.25, -0.2) is 0 Å². The number of pyridine rings is 1. The summed E-state index contributed by atoms with van der Waals surface area (Å²) < 4.78 is 5.53. The van der Waals surface area contributed by atoms with Gasteiger partial charge in [-0.2, -0.15) is 0 Å². The zero-order valence-electron chi connectivity index (χ0n) is 13.0. The summed E-state index contributed by atoms with van der Waals surface area (Å²) in [6, 6.07) is 14.5. The van der Waals surface area contributed by atoms with Crippen LogP contribution in [-0.4, -0.2) is 18.6 Å². The molecule has 0 saturated heterocycles. The predicted octanol–water partition coefficient (Wildman–Crippen LogP) is 3.93. The van der Waals surface area contributed by atoms with Gasteiger partial charge in [-0.15, -0.1) is 0 Å². The highest BCUT2D eigenvalue weighted by atomic mass is 16.5. The van der Waals surface area contributed by atoms with Gasteiger partial charge in [0.2, 0.25) is 0 Å². The molecule has 2 aromatic rings. The summed E-state index contributed by atoms with van der Waals surface area (Å²) in [5.41, 5.74) is 2.28. The molecular weight excluding hydrogens is 260 g/mol. The Morgan fingerprint density at radius 1 is 1.14 bits per heavy atom. The molecule has 0 bridgehead atoms. The second-order valence-corrected chi connectivity index (χ2v) is 5.22. The molecule has 1 N–H and O–H groups in total.